The number of fused-ring (bicyclic) bond motifs is 2. The number of ether oxygens (including phenoxy) is 1. The normalized spacial score (nSPS) is 16.2. The van der Waals surface area contributed by atoms with E-state index in [0.29, 0.717) is 21.9 Å². The van der Waals surface area contributed by atoms with Gasteiger partial charge in [-0.3, -0.25) is 9.69 Å². The average molecular weight is 327 g/mol. The molecule has 1 aliphatic heterocycles. The number of para-hydroxylation sites is 1. The Labute approximate surface area is 138 Å². The van der Waals surface area contributed by atoms with E-state index in [-0.39, 0.29) is 5.43 Å². The molecule has 23 heavy (non-hydrogen) atoms. The maximum absolute atomic E-state index is 12.6. The van der Waals surface area contributed by atoms with Gasteiger partial charge in [-0.05, 0) is 30.3 Å². The fourth-order valence-electron chi connectivity index (χ4n) is 2.77. The highest BCUT2D eigenvalue weighted by molar-refractivity contribution is 7.99. The molecule has 2 heterocycles. The molecule has 0 bridgehead atoms. The highest BCUT2D eigenvalue weighted by atomic mass is 32.2. The summed E-state index contributed by atoms with van der Waals surface area (Å²) < 4.78 is 11.2. The van der Waals surface area contributed by atoms with Gasteiger partial charge in [-0.15, -0.1) is 11.8 Å². The van der Waals surface area contributed by atoms with Crippen LogP contribution in [-0.2, 0) is 4.74 Å². The van der Waals surface area contributed by atoms with Crippen LogP contribution >= 0.6 is 11.8 Å². The van der Waals surface area contributed by atoms with Crippen LogP contribution in [-0.4, -0.2) is 37.1 Å². The number of morpholine rings is 1. The lowest BCUT2D eigenvalue weighted by Gasteiger charge is -2.25. The Hall–Kier alpha value is -1.82. The molecule has 5 heteroatoms. The largest absolute Gasteiger partial charge is 0.456 e. The van der Waals surface area contributed by atoms with E-state index in [1.54, 1.807) is 11.8 Å². The summed E-state index contributed by atoms with van der Waals surface area (Å²) in [4.78, 5) is 16.1. The van der Waals surface area contributed by atoms with Crippen molar-refractivity contribution in [1.82, 2.24) is 4.90 Å². The van der Waals surface area contributed by atoms with Crippen molar-refractivity contribution in [3.8, 4) is 0 Å². The van der Waals surface area contributed by atoms with Crippen LogP contribution in [0.5, 0.6) is 0 Å². The summed E-state index contributed by atoms with van der Waals surface area (Å²) in [6.07, 6.45) is 0. The topological polar surface area (TPSA) is 42.7 Å². The Kier molecular flexibility index (Phi) is 4.08. The monoisotopic (exact) mass is 327 g/mol. The van der Waals surface area contributed by atoms with Crippen LogP contribution < -0.4 is 5.43 Å². The predicted molar refractivity (Wildman–Crippen MR) is 93.1 cm³/mol. The van der Waals surface area contributed by atoms with E-state index in [9.17, 15) is 4.79 Å². The fourth-order valence-corrected chi connectivity index (χ4v) is 3.72. The SMILES string of the molecule is O=c1c2ccccc2oc2ccc(SCN3CCOCC3)cc12. The summed E-state index contributed by atoms with van der Waals surface area (Å²) in [5.74, 6) is 0.910. The summed E-state index contributed by atoms with van der Waals surface area (Å²) in [5, 5.41) is 1.28. The molecule has 0 aliphatic carbocycles. The lowest BCUT2D eigenvalue weighted by atomic mass is 10.1. The summed E-state index contributed by atoms with van der Waals surface area (Å²) in [7, 11) is 0. The van der Waals surface area contributed by atoms with E-state index in [2.05, 4.69) is 4.90 Å². The molecule has 118 valence electrons. The van der Waals surface area contributed by atoms with Crippen molar-refractivity contribution in [2.75, 3.05) is 32.2 Å². The number of hydrogen-bond donors (Lipinski definition) is 0. The molecule has 2 aromatic carbocycles. The summed E-state index contributed by atoms with van der Waals surface area (Å²) in [5.41, 5.74) is 1.32. The van der Waals surface area contributed by atoms with E-state index < -0.39 is 0 Å². The zero-order chi connectivity index (χ0) is 15.6. The van der Waals surface area contributed by atoms with E-state index in [4.69, 9.17) is 9.15 Å². The second kappa shape index (κ2) is 6.35. The maximum atomic E-state index is 12.6. The molecular formula is C18H17NO3S. The minimum Gasteiger partial charge on any atom is -0.456 e. The second-order valence-electron chi connectivity index (χ2n) is 5.59. The van der Waals surface area contributed by atoms with Crippen LogP contribution in [0.4, 0.5) is 0 Å². The summed E-state index contributed by atoms with van der Waals surface area (Å²) >= 11 is 1.75. The standard InChI is InChI=1S/C18H17NO3S/c20-18-14-3-1-2-4-16(14)22-17-6-5-13(11-15(17)18)23-12-19-7-9-21-10-8-19/h1-6,11H,7-10,12H2. The third kappa shape index (κ3) is 3.00. The third-order valence-electron chi connectivity index (χ3n) is 4.06. The highest BCUT2D eigenvalue weighted by Gasteiger charge is 2.12. The molecule has 1 aromatic heterocycles. The molecule has 0 radical (unpaired) electrons. The lowest BCUT2D eigenvalue weighted by Crippen LogP contribution is -2.35. The van der Waals surface area contributed by atoms with Crippen molar-refractivity contribution in [3.05, 3.63) is 52.7 Å². The molecule has 0 saturated carbocycles. The van der Waals surface area contributed by atoms with Gasteiger partial charge in [-0.25, -0.2) is 0 Å². The van der Waals surface area contributed by atoms with Crippen LogP contribution in [0.15, 0.2) is 56.6 Å². The van der Waals surface area contributed by atoms with Gasteiger partial charge in [0.15, 0.2) is 0 Å². The average Bonchev–Trinajstić information content (AvgIpc) is 2.61. The fraction of sp³-hybridized carbons (Fsp3) is 0.278. The van der Waals surface area contributed by atoms with Crippen LogP contribution in [0.25, 0.3) is 21.9 Å². The van der Waals surface area contributed by atoms with Crippen molar-refractivity contribution < 1.29 is 9.15 Å². The first kappa shape index (κ1) is 14.8. The zero-order valence-electron chi connectivity index (χ0n) is 12.7. The minimum atomic E-state index is 0.0377. The van der Waals surface area contributed by atoms with Gasteiger partial charge in [0.2, 0.25) is 5.43 Å². The van der Waals surface area contributed by atoms with Crippen LogP contribution in [0.2, 0.25) is 0 Å². The molecular weight excluding hydrogens is 310 g/mol. The van der Waals surface area contributed by atoms with Gasteiger partial charge < -0.3 is 9.15 Å². The molecule has 0 atom stereocenters. The van der Waals surface area contributed by atoms with Crippen LogP contribution in [0, 0.1) is 0 Å². The number of thioether (sulfide) groups is 1. The predicted octanol–water partition coefficient (Wildman–Crippen LogP) is 3.33. The quantitative estimate of drug-likeness (QED) is 0.545. The van der Waals surface area contributed by atoms with Gasteiger partial charge in [-0.1, -0.05) is 12.1 Å². The Morgan fingerprint density at radius 2 is 1.78 bits per heavy atom. The molecule has 3 aromatic rings. The van der Waals surface area contributed by atoms with Crippen molar-refractivity contribution in [2.24, 2.45) is 0 Å². The Morgan fingerprint density at radius 3 is 2.65 bits per heavy atom. The van der Waals surface area contributed by atoms with Gasteiger partial charge in [0.05, 0.1) is 24.0 Å². The molecule has 0 amide bonds. The van der Waals surface area contributed by atoms with Crippen molar-refractivity contribution in [3.63, 3.8) is 0 Å². The molecule has 0 unspecified atom stereocenters. The van der Waals surface area contributed by atoms with Gasteiger partial charge in [-0.2, -0.15) is 0 Å². The first-order chi connectivity index (χ1) is 11.3. The Bertz CT molecular complexity index is 900. The van der Waals surface area contributed by atoms with E-state index in [0.717, 1.165) is 37.1 Å². The molecule has 1 saturated heterocycles. The molecule has 4 rings (SSSR count). The van der Waals surface area contributed by atoms with Gasteiger partial charge in [0.25, 0.3) is 0 Å². The summed E-state index contributed by atoms with van der Waals surface area (Å²) in [6, 6.07) is 13.2. The third-order valence-corrected chi connectivity index (χ3v) is 5.15. The maximum Gasteiger partial charge on any atom is 0.200 e. The number of rotatable bonds is 3. The van der Waals surface area contributed by atoms with E-state index in [1.807, 2.05) is 42.5 Å². The number of hydrogen-bond acceptors (Lipinski definition) is 5. The summed E-state index contributed by atoms with van der Waals surface area (Å²) in [6.45, 7) is 3.53. The van der Waals surface area contributed by atoms with Crippen molar-refractivity contribution in [1.29, 1.82) is 0 Å². The van der Waals surface area contributed by atoms with Gasteiger partial charge >= 0.3 is 0 Å². The zero-order valence-corrected chi connectivity index (χ0v) is 13.5. The minimum absolute atomic E-state index is 0.0377. The van der Waals surface area contributed by atoms with Crippen LogP contribution in [0.3, 0.4) is 0 Å². The number of benzene rings is 2. The van der Waals surface area contributed by atoms with E-state index >= 15 is 0 Å². The lowest BCUT2D eigenvalue weighted by molar-refractivity contribution is 0.0474. The first-order valence-corrected chi connectivity index (χ1v) is 8.68. The molecule has 0 spiro atoms. The van der Waals surface area contributed by atoms with Crippen molar-refractivity contribution in [2.45, 2.75) is 4.90 Å². The molecule has 1 fully saturated rings. The van der Waals surface area contributed by atoms with E-state index in [1.165, 1.54) is 0 Å². The van der Waals surface area contributed by atoms with Gasteiger partial charge in [0, 0.05) is 23.9 Å². The smallest absolute Gasteiger partial charge is 0.200 e. The second-order valence-corrected chi connectivity index (χ2v) is 6.61. The molecule has 0 N–H and O–H groups in total. The Balaban J connectivity index is 1.65. The first-order valence-electron chi connectivity index (χ1n) is 7.70. The number of nitrogens with zero attached hydrogens (tertiary/aromatic N) is 1. The Morgan fingerprint density at radius 1 is 1.00 bits per heavy atom. The van der Waals surface area contributed by atoms with Gasteiger partial charge in [0.1, 0.15) is 11.2 Å². The molecule has 1 aliphatic rings. The van der Waals surface area contributed by atoms with Crippen LogP contribution in [0.1, 0.15) is 0 Å². The molecule has 4 nitrogen and oxygen atoms in total. The highest BCUT2D eigenvalue weighted by Crippen LogP contribution is 2.25. The van der Waals surface area contributed by atoms with Crippen molar-refractivity contribution >= 4 is 33.7 Å².